The molecule has 6 heteroatoms. The maximum absolute atomic E-state index is 10.9. The van der Waals surface area contributed by atoms with Crippen LogP contribution in [0.3, 0.4) is 0 Å². The summed E-state index contributed by atoms with van der Waals surface area (Å²) in [6.07, 6.45) is 0.555. The number of carbonyl (C=O) groups is 1. The van der Waals surface area contributed by atoms with Gasteiger partial charge in [0.05, 0.1) is 28.2 Å². The summed E-state index contributed by atoms with van der Waals surface area (Å²) in [6, 6.07) is 3.77. The third-order valence-electron chi connectivity index (χ3n) is 3.02. The number of hydrogen-bond acceptors (Lipinski definition) is 5. The summed E-state index contributed by atoms with van der Waals surface area (Å²) in [4.78, 5) is 15.2. The largest absolute Gasteiger partial charge is 0.544 e. The molecule has 0 unspecified atom stereocenters. The minimum Gasteiger partial charge on any atom is -0.544 e. The van der Waals surface area contributed by atoms with Gasteiger partial charge in [-0.2, -0.15) is 0 Å². The van der Waals surface area contributed by atoms with Gasteiger partial charge in [-0.1, -0.05) is 11.6 Å². The lowest BCUT2D eigenvalue weighted by Crippen LogP contribution is -2.21. The van der Waals surface area contributed by atoms with Gasteiger partial charge in [0.25, 0.3) is 0 Å². The molecule has 0 N–H and O–H groups in total. The van der Waals surface area contributed by atoms with Gasteiger partial charge in [0.1, 0.15) is 5.75 Å². The van der Waals surface area contributed by atoms with Gasteiger partial charge in [-0.25, -0.2) is 4.98 Å². The fourth-order valence-corrected chi connectivity index (χ4v) is 2.98. The highest BCUT2D eigenvalue weighted by molar-refractivity contribution is 7.13. The Morgan fingerprint density at radius 2 is 1.95 bits per heavy atom. The van der Waals surface area contributed by atoms with Crippen molar-refractivity contribution in [1.29, 1.82) is 0 Å². The molecule has 0 aliphatic rings. The first-order valence-electron chi connectivity index (χ1n) is 6.45. The first-order chi connectivity index (χ1) is 9.88. The Balaban J connectivity index is 1.99. The Bertz CT molecular complexity index is 659. The summed E-state index contributed by atoms with van der Waals surface area (Å²) in [6.45, 7) is 5.95. The molecule has 0 saturated carbocycles. The number of benzene rings is 1. The molecular weight excluding hydrogens is 310 g/mol. The van der Waals surface area contributed by atoms with Crippen molar-refractivity contribution in [3.05, 3.63) is 43.9 Å². The molecule has 2 rings (SSSR count). The van der Waals surface area contributed by atoms with Crippen LogP contribution < -0.4 is 9.84 Å². The minimum atomic E-state index is -1.18. The first-order valence-corrected chi connectivity index (χ1v) is 7.65. The molecule has 0 saturated heterocycles. The molecule has 0 fully saturated rings. The molecule has 1 heterocycles. The lowest BCUT2D eigenvalue weighted by atomic mass is 10.1. The van der Waals surface area contributed by atoms with Crippen LogP contribution in [0.2, 0.25) is 5.02 Å². The molecule has 2 aromatic rings. The molecule has 112 valence electrons. The van der Waals surface area contributed by atoms with Crippen LogP contribution in [0.25, 0.3) is 0 Å². The number of aromatic carboxylic acids is 1. The van der Waals surface area contributed by atoms with Crippen molar-refractivity contribution >= 4 is 28.9 Å². The molecule has 1 aromatic carbocycles. The molecule has 0 aliphatic heterocycles. The molecule has 0 bridgehead atoms. The van der Waals surface area contributed by atoms with Gasteiger partial charge in [0.15, 0.2) is 0 Å². The highest BCUT2D eigenvalue weighted by Gasteiger charge is 2.09. The topological polar surface area (TPSA) is 62.2 Å². The van der Waals surface area contributed by atoms with Crippen LogP contribution in [0.15, 0.2) is 12.1 Å². The molecule has 0 radical (unpaired) electrons. The quantitative estimate of drug-likeness (QED) is 0.848. The normalized spacial score (nSPS) is 10.7. The van der Waals surface area contributed by atoms with Crippen molar-refractivity contribution < 1.29 is 14.6 Å². The van der Waals surface area contributed by atoms with E-state index >= 15 is 0 Å². The standard InChI is InChI=1S/C15H16ClNO3S/c1-8-6-11(7-9(2)13(8)16)20-5-4-12-17-10(3)14(21-12)15(18)19/h6-7H,4-5H2,1-3H3,(H,18,19)/p-1. The zero-order valence-electron chi connectivity index (χ0n) is 12.0. The Morgan fingerprint density at radius 3 is 2.48 bits per heavy atom. The third kappa shape index (κ3) is 3.74. The second kappa shape index (κ2) is 6.45. The predicted octanol–water partition coefficient (Wildman–Crippen LogP) is 2.71. The first kappa shape index (κ1) is 15.8. The van der Waals surface area contributed by atoms with Gasteiger partial charge in [0, 0.05) is 11.4 Å². The SMILES string of the molecule is Cc1cc(OCCc2nc(C)c(C(=O)[O-])s2)cc(C)c1Cl. The van der Waals surface area contributed by atoms with E-state index < -0.39 is 5.97 Å². The van der Waals surface area contributed by atoms with Crippen molar-refractivity contribution in [3.8, 4) is 5.75 Å². The van der Waals surface area contributed by atoms with E-state index in [1.807, 2.05) is 26.0 Å². The average Bonchev–Trinajstić information content (AvgIpc) is 2.77. The number of carbonyl (C=O) groups excluding carboxylic acids is 1. The number of aryl methyl sites for hydroxylation is 3. The molecule has 0 atom stereocenters. The van der Waals surface area contributed by atoms with E-state index in [-0.39, 0.29) is 4.88 Å². The van der Waals surface area contributed by atoms with Crippen molar-refractivity contribution in [2.24, 2.45) is 0 Å². The number of carboxylic acids is 1. The van der Waals surface area contributed by atoms with Crippen molar-refractivity contribution in [1.82, 2.24) is 4.98 Å². The fraction of sp³-hybridized carbons (Fsp3) is 0.333. The summed E-state index contributed by atoms with van der Waals surface area (Å²) in [7, 11) is 0. The van der Waals surface area contributed by atoms with Crippen molar-refractivity contribution in [2.45, 2.75) is 27.2 Å². The lowest BCUT2D eigenvalue weighted by molar-refractivity contribution is -0.254. The molecule has 0 spiro atoms. The van der Waals surface area contributed by atoms with Gasteiger partial charge < -0.3 is 14.6 Å². The number of rotatable bonds is 5. The van der Waals surface area contributed by atoms with E-state index in [0.29, 0.717) is 18.7 Å². The molecule has 4 nitrogen and oxygen atoms in total. The van der Waals surface area contributed by atoms with Crippen LogP contribution in [-0.4, -0.2) is 17.6 Å². The van der Waals surface area contributed by atoms with Gasteiger partial charge >= 0.3 is 0 Å². The van der Waals surface area contributed by atoms with Crippen LogP contribution in [0, 0.1) is 20.8 Å². The molecule has 0 aliphatic carbocycles. The summed E-state index contributed by atoms with van der Waals surface area (Å²) < 4.78 is 5.68. The zero-order chi connectivity index (χ0) is 15.6. The number of hydrogen-bond donors (Lipinski definition) is 0. The van der Waals surface area contributed by atoms with E-state index in [2.05, 4.69) is 4.98 Å². The number of halogens is 1. The number of carboxylic acid groups (broad SMARTS) is 1. The van der Waals surface area contributed by atoms with Gasteiger partial charge in [0.2, 0.25) is 0 Å². The van der Waals surface area contributed by atoms with E-state index in [4.69, 9.17) is 16.3 Å². The Hall–Kier alpha value is -1.59. The Labute approximate surface area is 132 Å². The number of nitrogens with zero attached hydrogens (tertiary/aromatic N) is 1. The van der Waals surface area contributed by atoms with E-state index in [1.165, 1.54) is 0 Å². The molecule has 0 amide bonds. The predicted molar refractivity (Wildman–Crippen MR) is 81.3 cm³/mol. The fourth-order valence-electron chi connectivity index (χ4n) is 1.99. The second-order valence-corrected chi connectivity index (χ2v) is 6.24. The highest BCUT2D eigenvalue weighted by atomic mass is 35.5. The molecule has 1 aromatic heterocycles. The van der Waals surface area contributed by atoms with Crippen LogP contribution in [0.4, 0.5) is 0 Å². The smallest absolute Gasteiger partial charge is 0.119 e. The van der Waals surface area contributed by atoms with E-state index in [1.54, 1.807) is 6.92 Å². The number of aromatic nitrogens is 1. The van der Waals surface area contributed by atoms with Gasteiger partial charge in [-0.15, -0.1) is 11.3 Å². The van der Waals surface area contributed by atoms with E-state index in [9.17, 15) is 9.90 Å². The van der Waals surface area contributed by atoms with Gasteiger partial charge in [-0.05, 0) is 44.0 Å². The number of thiazole rings is 1. The third-order valence-corrected chi connectivity index (χ3v) is 4.81. The summed E-state index contributed by atoms with van der Waals surface area (Å²) in [5.41, 5.74) is 2.43. The summed E-state index contributed by atoms with van der Waals surface area (Å²) in [5, 5.41) is 12.3. The van der Waals surface area contributed by atoms with Crippen molar-refractivity contribution in [3.63, 3.8) is 0 Å². The number of ether oxygens (including phenoxy) is 1. The van der Waals surface area contributed by atoms with Crippen LogP contribution in [0.5, 0.6) is 5.75 Å². The molecular formula is C15H15ClNO3S-. The maximum atomic E-state index is 10.9. The van der Waals surface area contributed by atoms with Gasteiger partial charge in [-0.3, -0.25) is 0 Å². The van der Waals surface area contributed by atoms with Crippen LogP contribution >= 0.6 is 22.9 Å². The molecule has 21 heavy (non-hydrogen) atoms. The second-order valence-electron chi connectivity index (χ2n) is 4.78. The van der Waals surface area contributed by atoms with Crippen LogP contribution in [-0.2, 0) is 6.42 Å². The van der Waals surface area contributed by atoms with Crippen LogP contribution in [0.1, 0.15) is 31.5 Å². The minimum absolute atomic E-state index is 0.184. The maximum Gasteiger partial charge on any atom is 0.119 e. The Kier molecular flexibility index (Phi) is 4.85. The average molecular weight is 325 g/mol. The van der Waals surface area contributed by atoms with Crippen molar-refractivity contribution in [2.75, 3.05) is 6.61 Å². The highest BCUT2D eigenvalue weighted by Crippen LogP contribution is 2.26. The monoisotopic (exact) mass is 324 g/mol. The summed E-state index contributed by atoms with van der Waals surface area (Å²) >= 11 is 7.24. The Morgan fingerprint density at radius 1 is 1.33 bits per heavy atom. The lowest BCUT2D eigenvalue weighted by Gasteiger charge is -2.09. The summed E-state index contributed by atoms with van der Waals surface area (Å²) in [5.74, 6) is -0.427. The van der Waals surface area contributed by atoms with E-state index in [0.717, 1.165) is 38.2 Å². The zero-order valence-corrected chi connectivity index (χ0v) is 13.6.